The Morgan fingerprint density at radius 2 is 1.92 bits per heavy atom. The first kappa shape index (κ1) is 25.1. The highest BCUT2D eigenvalue weighted by atomic mass is 32.2. The van der Waals surface area contributed by atoms with Crippen molar-refractivity contribution in [2.24, 2.45) is 5.92 Å². The van der Waals surface area contributed by atoms with Crippen LogP contribution in [0.4, 0.5) is 10.7 Å². The minimum Gasteiger partial charge on any atom is -0.341 e. The fourth-order valence-electron chi connectivity index (χ4n) is 4.99. The molecule has 0 atom stereocenters. The molecule has 1 aromatic carbocycles. The summed E-state index contributed by atoms with van der Waals surface area (Å²) in [5.41, 5.74) is 3.91. The van der Waals surface area contributed by atoms with Gasteiger partial charge in [-0.25, -0.2) is 9.97 Å². The van der Waals surface area contributed by atoms with E-state index in [4.69, 9.17) is 0 Å². The molecular formula is C29H27N7O2S. The minimum absolute atomic E-state index is 0.352. The number of carbonyl (C=O) groups is 2. The van der Waals surface area contributed by atoms with Crippen LogP contribution in [0.15, 0.2) is 72.2 Å². The highest BCUT2D eigenvalue weighted by Crippen LogP contribution is 2.28. The van der Waals surface area contributed by atoms with Crippen molar-refractivity contribution in [1.82, 2.24) is 30.6 Å². The number of benzene rings is 1. The lowest BCUT2D eigenvalue weighted by Crippen LogP contribution is -2.38. The van der Waals surface area contributed by atoms with Crippen LogP contribution in [0, 0.1) is 5.92 Å². The Labute approximate surface area is 230 Å². The van der Waals surface area contributed by atoms with Gasteiger partial charge in [-0.1, -0.05) is 18.2 Å². The van der Waals surface area contributed by atoms with Crippen LogP contribution in [-0.4, -0.2) is 50.7 Å². The third-order valence-corrected chi connectivity index (χ3v) is 7.84. The highest BCUT2D eigenvalue weighted by Gasteiger charge is 2.25. The predicted molar refractivity (Wildman–Crippen MR) is 153 cm³/mol. The van der Waals surface area contributed by atoms with Gasteiger partial charge in [0.1, 0.15) is 0 Å². The molecule has 2 aliphatic heterocycles. The number of anilines is 1. The number of imide groups is 1. The molecule has 9 nitrogen and oxygen atoms in total. The Balaban J connectivity index is 1.02. The van der Waals surface area contributed by atoms with E-state index in [1.807, 2.05) is 30.7 Å². The molecule has 2 aliphatic rings. The maximum Gasteiger partial charge on any atom is 0.290 e. The van der Waals surface area contributed by atoms with E-state index in [-0.39, 0.29) is 11.1 Å². The summed E-state index contributed by atoms with van der Waals surface area (Å²) in [5, 5.41) is 7.81. The zero-order valence-corrected chi connectivity index (χ0v) is 22.0. The molecule has 10 heteroatoms. The van der Waals surface area contributed by atoms with E-state index in [0.717, 1.165) is 72.8 Å². The lowest BCUT2D eigenvalue weighted by atomic mass is 9.97. The van der Waals surface area contributed by atoms with E-state index in [1.54, 1.807) is 18.3 Å². The van der Waals surface area contributed by atoms with Gasteiger partial charge in [0.2, 0.25) is 5.95 Å². The molecular weight excluding hydrogens is 510 g/mol. The second kappa shape index (κ2) is 11.3. The summed E-state index contributed by atoms with van der Waals surface area (Å²) < 4.78 is 0. The van der Waals surface area contributed by atoms with E-state index < -0.39 is 0 Å². The van der Waals surface area contributed by atoms with Gasteiger partial charge in [-0.15, -0.1) is 0 Å². The molecule has 5 heterocycles. The van der Waals surface area contributed by atoms with E-state index in [2.05, 4.69) is 59.7 Å². The summed E-state index contributed by atoms with van der Waals surface area (Å²) in [7, 11) is 0. The Hall–Kier alpha value is -4.15. The highest BCUT2D eigenvalue weighted by molar-refractivity contribution is 8.18. The number of nitrogens with one attached hydrogen (secondary N) is 2. The van der Waals surface area contributed by atoms with E-state index in [9.17, 15) is 9.59 Å². The van der Waals surface area contributed by atoms with Crippen LogP contribution in [0.3, 0.4) is 0 Å². The molecule has 2 N–H and O–H groups in total. The van der Waals surface area contributed by atoms with Gasteiger partial charge < -0.3 is 10.2 Å². The Kier molecular flexibility index (Phi) is 7.29. The minimum atomic E-state index is -0.382. The topological polar surface area (TPSA) is 113 Å². The standard InChI is InChI=1S/C29H27N7O2S/c37-27-26(39-29(38)35-27)15-22-5-11-33-28(34-22)36-12-7-19(8-13-36)16-31-17-20-4-10-32-25(14-20)24-3-1-2-21-18-30-9-6-23(21)24/h1-6,9-11,14-15,18-19,31H,7-8,12-13,16-17H2,(H,35,37,38). The van der Waals surface area contributed by atoms with Gasteiger partial charge in [0.15, 0.2) is 0 Å². The summed E-state index contributed by atoms with van der Waals surface area (Å²) in [6.45, 7) is 3.47. The van der Waals surface area contributed by atoms with Crippen LogP contribution in [-0.2, 0) is 11.3 Å². The zero-order chi connectivity index (χ0) is 26.6. The van der Waals surface area contributed by atoms with Crippen molar-refractivity contribution in [3.05, 3.63) is 83.4 Å². The number of hydrogen-bond donors (Lipinski definition) is 2. The lowest BCUT2D eigenvalue weighted by molar-refractivity contribution is -0.115. The van der Waals surface area contributed by atoms with Gasteiger partial charge in [-0.05, 0) is 78.4 Å². The number of nitrogens with zero attached hydrogens (tertiary/aromatic N) is 5. The van der Waals surface area contributed by atoms with Gasteiger partial charge in [0.05, 0.1) is 16.3 Å². The first-order chi connectivity index (χ1) is 19.1. The van der Waals surface area contributed by atoms with Crippen LogP contribution in [0.1, 0.15) is 24.1 Å². The third-order valence-electron chi connectivity index (χ3n) is 7.03. The molecule has 4 aromatic rings. The fraction of sp³-hybridized carbons (Fsp3) is 0.241. The van der Waals surface area contributed by atoms with Crippen LogP contribution >= 0.6 is 11.8 Å². The number of rotatable bonds is 7. The predicted octanol–water partition coefficient (Wildman–Crippen LogP) is 4.42. The van der Waals surface area contributed by atoms with Gasteiger partial charge in [-0.3, -0.25) is 24.9 Å². The SMILES string of the molecule is O=C1NC(=O)C(=Cc2ccnc(N3CCC(CNCc4ccnc(-c5cccc6cnccc56)c4)CC3)n2)S1. The molecule has 196 valence electrons. The van der Waals surface area contributed by atoms with Crippen molar-refractivity contribution < 1.29 is 9.59 Å². The number of thioether (sulfide) groups is 1. The average Bonchev–Trinajstić information content (AvgIpc) is 3.29. The van der Waals surface area contributed by atoms with Crippen molar-refractivity contribution in [2.45, 2.75) is 19.4 Å². The normalized spacial score (nSPS) is 17.2. The summed E-state index contributed by atoms with van der Waals surface area (Å²) in [6, 6.07) is 14.2. The largest absolute Gasteiger partial charge is 0.341 e. The molecule has 2 amide bonds. The lowest BCUT2D eigenvalue weighted by Gasteiger charge is -2.32. The molecule has 2 fully saturated rings. The van der Waals surface area contributed by atoms with Crippen LogP contribution < -0.4 is 15.5 Å². The van der Waals surface area contributed by atoms with E-state index in [1.165, 1.54) is 5.56 Å². The molecule has 0 bridgehead atoms. The van der Waals surface area contributed by atoms with Crippen LogP contribution in [0.5, 0.6) is 0 Å². The first-order valence-corrected chi connectivity index (χ1v) is 13.8. The molecule has 0 aliphatic carbocycles. The van der Waals surface area contributed by atoms with Crippen LogP contribution in [0.25, 0.3) is 28.1 Å². The van der Waals surface area contributed by atoms with Gasteiger partial charge in [0.25, 0.3) is 11.1 Å². The number of aromatic nitrogens is 4. The number of hydrogen-bond acceptors (Lipinski definition) is 9. The molecule has 2 saturated heterocycles. The zero-order valence-electron chi connectivity index (χ0n) is 21.2. The van der Waals surface area contributed by atoms with Crippen molar-refractivity contribution in [3.63, 3.8) is 0 Å². The number of piperidine rings is 1. The summed E-state index contributed by atoms with van der Waals surface area (Å²) in [6.07, 6.45) is 11.0. The van der Waals surface area contributed by atoms with Crippen molar-refractivity contribution in [2.75, 3.05) is 24.5 Å². The Morgan fingerprint density at radius 3 is 2.77 bits per heavy atom. The van der Waals surface area contributed by atoms with Crippen molar-refractivity contribution in [1.29, 1.82) is 0 Å². The number of pyridine rings is 2. The maximum absolute atomic E-state index is 11.8. The average molecular weight is 538 g/mol. The summed E-state index contributed by atoms with van der Waals surface area (Å²) in [5.74, 6) is 0.842. The molecule has 0 saturated carbocycles. The second-order valence-electron chi connectivity index (χ2n) is 9.65. The van der Waals surface area contributed by atoms with E-state index >= 15 is 0 Å². The van der Waals surface area contributed by atoms with Gasteiger partial charge in [-0.2, -0.15) is 0 Å². The van der Waals surface area contributed by atoms with Gasteiger partial charge in [0, 0.05) is 55.4 Å². The molecule has 3 aromatic heterocycles. The monoisotopic (exact) mass is 537 g/mol. The third kappa shape index (κ3) is 5.81. The van der Waals surface area contributed by atoms with Crippen molar-refractivity contribution in [3.8, 4) is 11.3 Å². The second-order valence-corrected chi connectivity index (χ2v) is 10.7. The molecule has 0 radical (unpaired) electrons. The molecule has 39 heavy (non-hydrogen) atoms. The van der Waals surface area contributed by atoms with Crippen LogP contribution in [0.2, 0.25) is 0 Å². The molecule has 0 unspecified atom stereocenters. The first-order valence-electron chi connectivity index (χ1n) is 12.9. The smallest absolute Gasteiger partial charge is 0.290 e. The Morgan fingerprint density at radius 1 is 1.05 bits per heavy atom. The fourth-order valence-corrected chi connectivity index (χ4v) is 5.65. The molecule has 0 spiro atoms. The van der Waals surface area contributed by atoms with E-state index in [0.29, 0.717) is 22.5 Å². The number of carbonyl (C=O) groups excluding carboxylic acids is 2. The Bertz CT molecular complexity index is 1560. The van der Waals surface area contributed by atoms with Gasteiger partial charge >= 0.3 is 0 Å². The quantitative estimate of drug-likeness (QED) is 0.331. The summed E-state index contributed by atoms with van der Waals surface area (Å²) in [4.78, 5) is 43.7. The number of amides is 2. The maximum atomic E-state index is 11.8. The van der Waals surface area contributed by atoms with Crippen molar-refractivity contribution >= 4 is 45.7 Å². The molecule has 6 rings (SSSR count). The number of fused-ring (bicyclic) bond motifs is 1. The summed E-state index contributed by atoms with van der Waals surface area (Å²) >= 11 is 0.891.